The summed E-state index contributed by atoms with van der Waals surface area (Å²) in [7, 11) is 0. The molecule has 1 nitrogen and oxygen atoms in total. The van der Waals surface area contributed by atoms with E-state index in [4.69, 9.17) is 0 Å². The van der Waals surface area contributed by atoms with Crippen LogP contribution in [0.2, 0.25) is 0 Å². The van der Waals surface area contributed by atoms with Crippen LogP contribution in [0.3, 0.4) is 0 Å². The van der Waals surface area contributed by atoms with E-state index in [0.717, 1.165) is 19.3 Å². The van der Waals surface area contributed by atoms with Crippen LogP contribution in [0.15, 0.2) is 12.7 Å². The van der Waals surface area contributed by atoms with Gasteiger partial charge in [-0.05, 0) is 25.7 Å². The number of unbranched alkanes of at least 4 members (excludes halogenated alkanes) is 16. The second-order valence-electron chi connectivity index (χ2n) is 7.97. The van der Waals surface area contributed by atoms with Gasteiger partial charge in [0.15, 0.2) is 0 Å². The predicted octanol–water partition coefficient (Wildman–Crippen LogP) is 8.36. The molecule has 0 saturated carbocycles. The molecule has 1 unspecified atom stereocenters. The molecule has 0 aromatic rings. The first-order valence-electron chi connectivity index (χ1n) is 11.6. The van der Waals surface area contributed by atoms with Crippen LogP contribution in [0.25, 0.3) is 0 Å². The fourth-order valence-corrected chi connectivity index (χ4v) is 3.56. The summed E-state index contributed by atoms with van der Waals surface area (Å²) in [6.07, 6.45) is 28.3. The standard InChI is InChI=1S/C24H48O/c1-3-5-7-9-10-11-12-13-14-15-16-17-19-21-23-24(25)22-20-18-8-6-4-2/h4,24-25H,2-3,5-23H2,1H3. The molecule has 25 heavy (non-hydrogen) atoms. The molecule has 0 saturated heterocycles. The van der Waals surface area contributed by atoms with Crippen molar-refractivity contribution in [2.75, 3.05) is 0 Å². The molecule has 0 aliphatic rings. The fourth-order valence-electron chi connectivity index (χ4n) is 3.56. The Morgan fingerprint density at radius 2 is 0.960 bits per heavy atom. The second-order valence-corrected chi connectivity index (χ2v) is 7.97. The van der Waals surface area contributed by atoms with Crippen LogP contribution in [0.4, 0.5) is 0 Å². The molecule has 1 atom stereocenters. The molecule has 1 heteroatoms. The molecule has 150 valence electrons. The lowest BCUT2D eigenvalue weighted by Crippen LogP contribution is -2.05. The third-order valence-electron chi connectivity index (χ3n) is 5.34. The highest BCUT2D eigenvalue weighted by molar-refractivity contribution is 4.66. The predicted molar refractivity (Wildman–Crippen MR) is 114 cm³/mol. The normalized spacial score (nSPS) is 12.4. The summed E-state index contributed by atoms with van der Waals surface area (Å²) in [5.74, 6) is 0. The maximum absolute atomic E-state index is 9.98. The number of aliphatic hydroxyl groups excluding tert-OH is 1. The van der Waals surface area contributed by atoms with Crippen LogP contribution in [-0.2, 0) is 0 Å². The Bertz CT molecular complexity index is 248. The lowest BCUT2D eigenvalue weighted by molar-refractivity contribution is 0.147. The molecule has 0 fully saturated rings. The summed E-state index contributed by atoms with van der Waals surface area (Å²) in [6.45, 7) is 6.03. The van der Waals surface area contributed by atoms with Crippen LogP contribution in [0.1, 0.15) is 135 Å². The van der Waals surface area contributed by atoms with E-state index in [-0.39, 0.29) is 6.10 Å². The van der Waals surface area contributed by atoms with Crippen LogP contribution in [0, 0.1) is 0 Å². The van der Waals surface area contributed by atoms with Crippen LogP contribution < -0.4 is 0 Å². The topological polar surface area (TPSA) is 20.2 Å². The number of hydrogen-bond donors (Lipinski definition) is 1. The fraction of sp³-hybridized carbons (Fsp3) is 0.917. The Morgan fingerprint density at radius 3 is 1.36 bits per heavy atom. The average Bonchev–Trinajstić information content (AvgIpc) is 2.62. The zero-order valence-electron chi connectivity index (χ0n) is 17.5. The third-order valence-corrected chi connectivity index (χ3v) is 5.34. The van der Waals surface area contributed by atoms with E-state index >= 15 is 0 Å². The minimum absolute atomic E-state index is 0.0546. The third kappa shape index (κ3) is 21.7. The van der Waals surface area contributed by atoms with Crippen molar-refractivity contribution in [3.8, 4) is 0 Å². The molecule has 1 N–H and O–H groups in total. The number of aliphatic hydroxyl groups is 1. The maximum atomic E-state index is 9.98. The summed E-state index contributed by atoms with van der Waals surface area (Å²) >= 11 is 0. The highest BCUT2D eigenvalue weighted by Crippen LogP contribution is 2.15. The Balaban J connectivity index is 3.09. The van der Waals surface area contributed by atoms with Gasteiger partial charge >= 0.3 is 0 Å². The van der Waals surface area contributed by atoms with Gasteiger partial charge in [0, 0.05) is 0 Å². The molecule has 0 aromatic heterocycles. The van der Waals surface area contributed by atoms with E-state index in [2.05, 4.69) is 13.5 Å². The van der Waals surface area contributed by atoms with Crippen molar-refractivity contribution in [2.45, 2.75) is 141 Å². The molecule has 0 rings (SSSR count). The lowest BCUT2D eigenvalue weighted by atomic mass is 10.0. The molecule has 0 amide bonds. The van der Waals surface area contributed by atoms with Gasteiger partial charge in [0.05, 0.1) is 6.10 Å². The van der Waals surface area contributed by atoms with Crippen molar-refractivity contribution >= 4 is 0 Å². The van der Waals surface area contributed by atoms with Crippen molar-refractivity contribution in [2.24, 2.45) is 0 Å². The second kappa shape index (κ2) is 21.7. The summed E-state index contributed by atoms with van der Waals surface area (Å²) in [6, 6.07) is 0. The SMILES string of the molecule is C=CCCCCCC(O)CCCCCCCCCCCCCCCC. The smallest absolute Gasteiger partial charge is 0.0540 e. The summed E-state index contributed by atoms with van der Waals surface area (Å²) in [5.41, 5.74) is 0. The van der Waals surface area contributed by atoms with Gasteiger partial charge in [-0.1, -0.05) is 116 Å². The van der Waals surface area contributed by atoms with Crippen molar-refractivity contribution in [3.63, 3.8) is 0 Å². The highest BCUT2D eigenvalue weighted by Gasteiger charge is 2.03. The van der Waals surface area contributed by atoms with Gasteiger partial charge in [-0.3, -0.25) is 0 Å². The van der Waals surface area contributed by atoms with E-state index < -0.39 is 0 Å². The summed E-state index contributed by atoms with van der Waals surface area (Å²) < 4.78 is 0. The Labute approximate surface area is 159 Å². The molecular formula is C24H48O. The van der Waals surface area contributed by atoms with Gasteiger partial charge in [-0.15, -0.1) is 6.58 Å². The van der Waals surface area contributed by atoms with E-state index in [9.17, 15) is 5.11 Å². The molecule has 0 bridgehead atoms. The minimum Gasteiger partial charge on any atom is -0.393 e. The first-order chi connectivity index (χ1) is 12.3. The number of allylic oxidation sites excluding steroid dienone is 1. The van der Waals surface area contributed by atoms with E-state index in [1.165, 1.54) is 109 Å². The van der Waals surface area contributed by atoms with Gasteiger partial charge < -0.3 is 5.11 Å². The zero-order valence-corrected chi connectivity index (χ0v) is 17.5. The largest absolute Gasteiger partial charge is 0.393 e. The van der Waals surface area contributed by atoms with Gasteiger partial charge in [0.1, 0.15) is 0 Å². The van der Waals surface area contributed by atoms with Gasteiger partial charge in [0.25, 0.3) is 0 Å². The van der Waals surface area contributed by atoms with Gasteiger partial charge in [-0.2, -0.15) is 0 Å². The molecule has 0 spiro atoms. The number of hydrogen-bond acceptors (Lipinski definition) is 1. The molecule has 0 aromatic carbocycles. The Hall–Kier alpha value is -0.300. The summed E-state index contributed by atoms with van der Waals surface area (Å²) in [4.78, 5) is 0. The molecule has 0 radical (unpaired) electrons. The monoisotopic (exact) mass is 352 g/mol. The van der Waals surface area contributed by atoms with Crippen molar-refractivity contribution < 1.29 is 5.11 Å². The molecule has 0 aliphatic carbocycles. The Kier molecular flexibility index (Phi) is 21.5. The maximum Gasteiger partial charge on any atom is 0.0540 e. The van der Waals surface area contributed by atoms with E-state index in [1.807, 2.05) is 6.08 Å². The lowest BCUT2D eigenvalue weighted by Gasteiger charge is -2.10. The van der Waals surface area contributed by atoms with E-state index in [1.54, 1.807) is 0 Å². The van der Waals surface area contributed by atoms with Crippen LogP contribution >= 0.6 is 0 Å². The van der Waals surface area contributed by atoms with Gasteiger partial charge in [-0.25, -0.2) is 0 Å². The van der Waals surface area contributed by atoms with Crippen molar-refractivity contribution in [1.82, 2.24) is 0 Å². The minimum atomic E-state index is -0.0546. The van der Waals surface area contributed by atoms with Crippen LogP contribution in [-0.4, -0.2) is 11.2 Å². The van der Waals surface area contributed by atoms with Crippen molar-refractivity contribution in [3.05, 3.63) is 12.7 Å². The average molecular weight is 353 g/mol. The van der Waals surface area contributed by atoms with Gasteiger partial charge in [0.2, 0.25) is 0 Å². The van der Waals surface area contributed by atoms with E-state index in [0.29, 0.717) is 0 Å². The quantitative estimate of drug-likeness (QED) is 0.162. The zero-order chi connectivity index (χ0) is 18.4. The first kappa shape index (κ1) is 24.7. The molecular weight excluding hydrogens is 304 g/mol. The van der Waals surface area contributed by atoms with Crippen molar-refractivity contribution in [1.29, 1.82) is 0 Å². The van der Waals surface area contributed by atoms with Crippen LogP contribution in [0.5, 0.6) is 0 Å². The number of rotatable bonds is 21. The highest BCUT2D eigenvalue weighted by atomic mass is 16.3. The first-order valence-corrected chi connectivity index (χ1v) is 11.6. The molecule has 0 heterocycles. The molecule has 0 aliphatic heterocycles. The summed E-state index contributed by atoms with van der Waals surface area (Å²) in [5, 5.41) is 9.98. The Morgan fingerprint density at radius 1 is 0.600 bits per heavy atom.